The van der Waals surface area contributed by atoms with E-state index in [9.17, 15) is 26.4 Å². The van der Waals surface area contributed by atoms with Gasteiger partial charge in [0, 0.05) is 31.2 Å². The Bertz CT molecular complexity index is 1030. The molecule has 2 atom stereocenters. The summed E-state index contributed by atoms with van der Waals surface area (Å²) in [5.41, 5.74) is 7.68. The van der Waals surface area contributed by atoms with Gasteiger partial charge in [-0.15, -0.1) is 0 Å². The maximum atomic E-state index is 12.8. The minimum atomic E-state index is -4.52. The minimum absolute atomic E-state index is 0.0258. The summed E-state index contributed by atoms with van der Waals surface area (Å²) in [6.07, 6.45) is -2.18. The highest BCUT2D eigenvalue weighted by atomic mass is 32.2. The van der Waals surface area contributed by atoms with E-state index >= 15 is 0 Å². The van der Waals surface area contributed by atoms with Crippen molar-refractivity contribution in [3.05, 3.63) is 65.7 Å². The number of alkyl halides is 3. The molecule has 1 saturated heterocycles. The second-order valence-electron chi connectivity index (χ2n) is 7.98. The van der Waals surface area contributed by atoms with E-state index in [1.165, 1.54) is 41.2 Å². The molecule has 0 spiro atoms. The molecule has 33 heavy (non-hydrogen) atoms. The topological polar surface area (TPSA) is 90.5 Å². The van der Waals surface area contributed by atoms with Crippen molar-refractivity contribution in [1.29, 1.82) is 0 Å². The van der Waals surface area contributed by atoms with Gasteiger partial charge in [-0.25, -0.2) is 12.7 Å². The molecule has 1 heterocycles. The Hall–Kier alpha value is -2.47. The van der Waals surface area contributed by atoms with Gasteiger partial charge in [-0.1, -0.05) is 30.3 Å². The Balaban J connectivity index is 1.48. The van der Waals surface area contributed by atoms with Gasteiger partial charge in [0.05, 0.1) is 4.90 Å². The second kappa shape index (κ2) is 10.6. The molecule has 2 aromatic carbocycles. The first-order valence-electron chi connectivity index (χ1n) is 10.5. The summed E-state index contributed by atoms with van der Waals surface area (Å²) >= 11 is 0. The number of amides is 1. The Labute approximate surface area is 191 Å². The van der Waals surface area contributed by atoms with Crippen molar-refractivity contribution in [2.24, 2.45) is 0 Å². The SMILES string of the molecule is CN(CCCC1CC(c2ccccc2)NN1)S(=O)(=O)c1ccc(C(=O)NCC(F)(F)F)cc1. The van der Waals surface area contributed by atoms with Crippen LogP contribution < -0.4 is 16.2 Å². The average Bonchev–Trinajstić information content (AvgIpc) is 3.26. The molecule has 3 rings (SSSR count). The standard InChI is InChI=1S/C22H27F3N4O3S/c1-29(13-5-8-18-14-20(28-27-18)16-6-3-2-4-7-16)33(31,32)19-11-9-17(10-12-19)21(30)26-15-22(23,24)25/h2-4,6-7,9-12,18,20,27-28H,5,8,13-15H2,1H3,(H,26,30). The molecular weight excluding hydrogens is 457 g/mol. The van der Waals surface area contributed by atoms with Crippen LogP contribution in [-0.2, 0) is 10.0 Å². The number of benzene rings is 2. The smallest absolute Gasteiger partial charge is 0.343 e. The zero-order chi connectivity index (χ0) is 24.1. The quantitative estimate of drug-likeness (QED) is 0.509. The van der Waals surface area contributed by atoms with Gasteiger partial charge in [0.1, 0.15) is 6.54 Å². The van der Waals surface area contributed by atoms with Crippen molar-refractivity contribution in [2.75, 3.05) is 20.1 Å². The van der Waals surface area contributed by atoms with Crippen LogP contribution in [-0.4, -0.2) is 51.0 Å². The Morgan fingerprint density at radius 2 is 1.76 bits per heavy atom. The second-order valence-corrected chi connectivity index (χ2v) is 10.0. The fourth-order valence-electron chi connectivity index (χ4n) is 3.64. The van der Waals surface area contributed by atoms with Crippen LogP contribution in [0.1, 0.15) is 41.2 Å². The van der Waals surface area contributed by atoms with Crippen molar-refractivity contribution in [1.82, 2.24) is 20.5 Å². The first-order chi connectivity index (χ1) is 15.6. The Kier molecular flexibility index (Phi) is 8.11. The number of hydrogen-bond donors (Lipinski definition) is 3. The number of hydrogen-bond acceptors (Lipinski definition) is 5. The van der Waals surface area contributed by atoms with Crippen LogP contribution in [0.15, 0.2) is 59.5 Å². The lowest BCUT2D eigenvalue weighted by molar-refractivity contribution is -0.123. The van der Waals surface area contributed by atoms with E-state index in [0.717, 1.165) is 12.8 Å². The van der Waals surface area contributed by atoms with Crippen LogP contribution in [0, 0.1) is 0 Å². The van der Waals surface area contributed by atoms with Gasteiger partial charge in [-0.3, -0.25) is 15.6 Å². The molecule has 2 unspecified atom stereocenters. The lowest BCUT2D eigenvalue weighted by Gasteiger charge is -2.18. The van der Waals surface area contributed by atoms with Crippen molar-refractivity contribution in [3.8, 4) is 0 Å². The molecule has 0 aromatic heterocycles. The van der Waals surface area contributed by atoms with Crippen molar-refractivity contribution in [3.63, 3.8) is 0 Å². The van der Waals surface area contributed by atoms with E-state index in [0.29, 0.717) is 13.0 Å². The Morgan fingerprint density at radius 3 is 2.39 bits per heavy atom. The summed E-state index contributed by atoms with van der Waals surface area (Å²) in [6.45, 7) is -1.14. The van der Waals surface area contributed by atoms with Crippen molar-refractivity contribution >= 4 is 15.9 Å². The number of nitrogens with zero attached hydrogens (tertiary/aromatic N) is 1. The van der Waals surface area contributed by atoms with E-state index in [-0.39, 0.29) is 22.5 Å². The van der Waals surface area contributed by atoms with E-state index in [1.807, 2.05) is 18.2 Å². The number of carbonyl (C=O) groups excluding carboxylic acids is 1. The predicted octanol–water partition coefficient (Wildman–Crippen LogP) is 2.99. The summed E-state index contributed by atoms with van der Waals surface area (Å²) in [5, 5.41) is 1.75. The zero-order valence-electron chi connectivity index (χ0n) is 18.1. The number of carbonyl (C=O) groups is 1. The molecular formula is C22H27F3N4O3S. The molecule has 0 aliphatic carbocycles. The van der Waals surface area contributed by atoms with Crippen LogP contribution in [0.5, 0.6) is 0 Å². The van der Waals surface area contributed by atoms with E-state index in [4.69, 9.17) is 0 Å². The van der Waals surface area contributed by atoms with Crippen LogP contribution in [0.3, 0.4) is 0 Å². The number of rotatable bonds is 9. The summed E-state index contributed by atoms with van der Waals surface area (Å²) in [6, 6.07) is 15.4. The first-order valence-corrected chi connectivity index (χ1v) is 12.0. The monoisotopic (exact) mass is 484 g/mol. The van der Waals surface area contributed by atoms with Crippen molar-refractivity contribution in [2.45, 2.75) is 42.4 Å². The summed E-state index contributed by atoms with van der Waals surface area (Å²) < 4.78 is 63.5. The maximum Gasteiger partial charge on any atom is 0.405 e. The van der Waals surface area contributed by atoms with E-state index < -0.39 is 28.7 Å². The van der Waals surface area contributed by atoms with Crippen LogP contribution >= 0.6 is 0 Å². The fraction of sp³-hybridized carbons (Fsp3) is 0.409. The molecule has 2 aromatic rings. The first kappa shape index (κ1) is 25.2. The molecule has 1 amide bonds. The number of hydrazine groups is 1. The molecule has 7 nitrogen and oxygen atoms in total. The van der Waals surface area contributed by atoms with Gasteiger partial charge in [0.2, 0.25) is 10.0 Å². The van der Waals surface area contributed by atoms with Gasteiger partial charge < -0.3 is 5.32 Å². The third-order valence-corrected chi connectivity index (χ3v) is 7.35. The predicted molar refractivity (Wildman–Crippen MR) is 118 cm³/mol. The fourth-order valence-corrected chi connectivity index (χ4v) is 4.85. The molecule has 0 radical (unpaired) electrons. The minimum Gasteiger partial charge on any atom is -0.343 e. The molecule has 1 aliphatic heterocycles. The molecule has 0 bridgehead atoms. The molecule has 180 valence electrons. The van der Waals surface area contributed by atoms with Gasteiger partial charge in [0.25, 0.3) is 5.91 Å². The average molecular weight is 485 g/mol. The highest BCUT2D eigenvalue weighted by Crippen LogP contribution is 2.24. The maximum absolute atomic E-state index is 12.8. The lowest BCUT2D eigenvalue weighted by Crippen LogP contribution is -2.33. The highest BCUT2D eigenvalue weighted by molar-refractivity contribution is 7.89. The lowest BCUT2D eigenvalue weighted by atomic mass is 10.00. The molecule has 3 N–H and O–H groups in total. The zero-order valence-corrected chi connectivity index (χ0v) is 18.9. The van der Waals surface area contributed by atoms with Gasteiger partial charge >= 0.3 is 6.18 Å². The molecule has 1 aliphatic rings. The summed E-state index contributed by atoms with van der Waals surface area (Å²) in [4.78, 5) is 11.8. The van der Waals surface area contributed by atoms with Gasteiger partial charge in [0.15, 0.2) is 0 Å². The largest absolute Gasteiger partial charge is 0.405 e. The summed E-state index contributed by atoms with van der Waals surface area (Å²) in [5.74, 6) is -0.920. The van der Waals surface area contributed by atoms with Crippen LogP contribution in [0.25, 0.3) is 0 Å². The molecule has 1 fully saturated rings. The highest BCUT2D eigenvalue weighted by Gasteiger charge is 2.28. The van der Waals surface area contributed by atoms with E-state index in [1.54, 1.807) is 5.32 Å². The number of sulfonamides is 1. The van der Waals surface area contributed by atoms with Gasteiger partial charge in [-0.05, 0) is 49.1 Å². The van der Waals surface area contributed by atoms with Crippen LogP contribution in [0.2, 0.25) is 0 Å². The Morgan fingerprint density at radius 1 is 1.09 bits per heavy atom. The van der Waals surface area contributed by atoms with E-state index in [2.05, 4.69) is 23.0 Å². The number of nitrogens with one attached hydrogen (secondary N) is 3. The van der Waals surface area contributed by atoms with Gasteiger partial charge in [-0.2, -0.15) is 13.2 Å². The summed E-state index contributed by atoms with van der Waals surface area (Å²) in [7, 11) is -2.30. The van der Waals surface area contributed by atoms with Crippen LogP contribution in [0.4, 0.5) is 13.2 Å². The molecule has 0 saturated carbocycles. The number of halogens is 3. The normalized spacial score (nSPS) is 19.1. The molecule has 11 heteroatoms. The third-order valence-electron chi connectivity index (χ3n) is 5.48. The third kappa shape index (κ3) is 7.00. The van der Waals surface area contributed by atoms with Crippen molar-refractivity contribution < 1.29 is 26.4 Å².